The first-order valence-electron chi connectivity index (χ1n) is 6.49. The van der Waals surface area contributed by atoms with E-state index >= 15 is 0 Å². The van der Waals surface area contributed by atoms with Gasteiger partial charge in [0.15, 0.2) is 0 Å². The van der Waals surface area contributed by atoms with Gasteiger partial charge in [-0.2, -0.15) is 0 Å². The lowest BCUT2D eigenvalue weighted by Gasteiger charge is -2.22. The fourth-order valence-corrected chi connectivity index (χ4v) is 2.93. The molecule has 0 bridgehead atoms. The van der Waals surface area contributed by atoms with E-state index in [1.165, 1.54) is 0 Å². The molecule has 0 saturated heterocycles. The second-order valence-corrected chi connectivity index (χ2v) is 6.60. The maximum Gasteiger partial charge on any atom is 0.257 e. The van der Waals surface area contributed by atoms with E-state index in [0.29, 0.717) is 24.0 Å². The van der Waals surface area contributed by atoms with Crippen LogP contribution in [0.3, 0.4) is 0 Å². The van der Waals surface area contributed by atoms with Crippen LogP contribution in [0.2, 0.25) is 0 Å². The van der Waals surface area contributed by atoms with Crippen LogP contribution in [0.15, 0.2) is 48.5 Å². The molecule has 0 atom stereocenters. The van der Waals surface area contributed by atoms with E-state index in [9.17, 15) is 9.90 Å². The average molecular weight is 460 g/mol. The third-order valence-electron chi connectivity index (χ3n) is 3.05. The molecule has 0 aliphatic carbocycles. The van der Waals surface area contributed by atoms with Crippen molar-refractivity contribution in [2.75, 3.05) is 11.9 Å². The van der Waals surface area contributed by atoms with Crippen molar-refractivity contribution >= 4 is 44.4 Å². The first-order chi connectivity index (χ1) is 10.1. The Bertz CT molecular complexity index is 619. The summed E-state index contributed by atoms with van der Waals surface area (Å²) in [7, 11) is 0. The predicted octanol–water partition coefficient (Wildman–Crippen LogP) is 4.03. The Morgan fingerprint density at radius 2 is 1.90 bits per heavy atom. The number of phenols is 1. The van der Waals surface area contributed by atoms with Crippen molar-refractivity contribution in [1.82, 2.24) is 4.90 Å². The van der Waals surface area contributed by atoms with Gasteiger partial charge in [-0.25, -0.2) is 0 Å². The highest BCUT2D eigenvalue weighted by atomic mass is 127. The van der Waals surface area contributed by atoms with E-state index < -0.39 is 0 Å². The van der Waals surface area contributed by atoms with E-state index in [1.807, 2.05) is 30.3 Å². The highest BCUT2D eigenvalue weighted by Crippen LogP contribution is 2.22. The van der Waals surface area contributed by atoms with Gasteiger partial charge >= 0.3 is 0 Å². The molecular weight excluding hydrogens is 445 g/mol. The van der Waals surface area contributed by atoms with Crippen molar-refractivity contribution in [3.8, 4) is 5.75 Å². The lowest BCUT2D eigenvalue weighted by atomic mass is 10.1. The number of nitrogens with zero attached hydrogens (tertiary/aromatic N) is 1. The maximum atomic E-state index is 12.7. The zero-order valence-electron chi connectivity index (χ0n) is 11.3. The highest BCUT2D eigenvalue weighted by molar-refractivity contribution is 14.1. The Kier molecular flexibility index (Phi) is 6.05. The standard InChI is InChI=1S/C16H15BrINO2/c17-8-9-19(11-12-4-2-1-3-5-12)16(21)14-10-13(18)6-7-15(14)20/h1-7,10,20H,8-9,11H2. The molecule has 110 valence electrons. The van der Waals surface area contributed by atoms with Crippen molar-refractivity contribution in [3.63, 3.8) is 0 Å². The van der Waals surface area contributed by atoms with Crippen molar-refractivity contribution in [3.05, 3.63) is 63.2 Å². The first-order valence-corrected chi connectivity index (χ1v) is 8.69. The van der Waals surface area contributed by atoms with Gasteiger partial charge in [-0.15, -0.1) is 0 Å². The van der Waals surface area contributed by atoms with Gasteiger partial charge in [0.25, 0.3) is 5.91 Å². The molecule has 2 rings (SSSR count). The van der Waals surface area contributed by atoms with Crippen molar-refractivity contribution in [2.45, 2.75) is 6.54 Å². The SMILES string of the molecule is O=C(c1cc(I)ccc1O)N(CCBr)Cc1ccccc1. The van der Waals surface area contributed by atoms with Gasteiger partial charge in [-0.1, -0.05) is 46.3 Å². The van der Waals surface area contributed by atoms with Crippen LogP contribution in [0.1, 0.15) is 15.9 Å². The van der Waals surface area contributed by atoms with Crippen LogP contribution in [0.5, 0.6) is 5.75 Å². The second-order valence-electron chi connectivity index (χ2n) is 4.56. The number of benzene rings is 2. The topological polar surface area (TPSA) is 40.5 Å². The molecule has 0 unspecified atom stereocenters. The van der Waals surface area contributed by atoms with Gasteiger partial charge in [-0.05, 0) is 46.4 Å². The molecule has 5 heteroatoms. The molecule has 0 radical (unpaired) electrons. The summed E-state index contributed by atoms with van der Waals surface area (Å²) in [4.78, 5) is 14.4. The van der Waals surface area contributed by atoms with Crippen molar-refractivity contribution < 1.29 is 9.90 Å². The maximum absolute atomic E-state index is 12.7. The van der Waals surface area contributed by atoms with Gasteiger partial charge in [0.05, 0.1) is 5.56 Å². The summed E-state index contributed by atoms with van der Waals surface area (Å²) in [5.74, 6) is -0.137. The third-order valence-corrected chi connectivity index (χ3v) is 4.07. The Morgan fingerprint density at radius 3 is 2.57 bits per heavy atom. The monoisotopic (exact) mass is 459 g/mol. The molecule has 0 heterocycles. The molecule has 0 aliphatic rings. The number of phenolic OH excluding ortho intramolecular Hbond substituents is 1. The van der Waals surface area contributed by atoms with Gasteiger partial charge in [0.2, 0.25) is 0 Å². The smallest absolute Gasteiger partial charge is 0.257 e. The van der Waals surface area contributed by atoms with Crippen LogP contribution in [0.25, 0.3) is 0 Å². The number of hydrogen-bond acceptors (Lipinski definition) is 2. The Morgan fingerprint density at radius 1 is 1.19 bits per heavy atom. The fraction of sp³-hybridized carbons (Fsp3) is 0.188. The molecule has 2 aromatic carbocycles. The zero-order valence-corrected chi connectivity index (χ0v) is 15.0. The molecule has 0 fully saturated rings. The van der Waals surface area contributed by atoms with Crippen molar-refractivity contribution in [2.24, 2.45) is 0 Å². The van der Waals surface area contributed by atoms with Crippen LogP contribution < -0.4 is 0 Å². The number of rotatable bonds is 5. The van der Waals surface area contributed by atoms with Gasteiger partial charge < -0.3 is 10.0 Å². The lowest BCUT2D eigenvalue weighted by Crippen LogP contribution is -2.32. The average Bonchev–Trinajstić information content (AvgIpc) is 2.49. The number of carbonyl (C=O) groups is 1. The minimum Gasteiger partial charge on any atom is -0.507 e. The van der Waals surface area contributed by atoms with Crippen LogP contribution in [-0.4, -0.2) is 27.8 Å². The molecule has 21 heavy (non-hydrogen) atoms. The molecule has 0 spiro atoms. The lowest BCUT2D eigenvalue weighted by molar-refractivity contribution is 0.0751. The van der Waals surface area contributed by atoms with E-state index in [2.05, 4.69) is 38.5 Å². The quantitative estimate of drug-likeness (QED) is 0.541. The summed E-state index contributed by atoms with van der Waals surface area (Å²) in [5, 5.41) is 10.6. The van der Waals surface area contributed by atoms with Crippen LogP contribution in [-0.2, 0) is 6.54 Å². The first kappa shape index (κ1) is 16.3. The van der Waals surface area contributed by atoms with E-state index in [0.717, 1.165) is 9.13 Å². The molecule has 1 N–H and O–H groups in total. The molecule has 3 nitrogen and oxygen atoms in total. The summed E-state index contributed by atoms with van der Waals surface area (Å²) in [6.45, 7) is 1.11. The number of carbonyl (C=O) groups excluding carboxylic acids is 1. The number of hydrogen-bond donors (Lipinski definition) is 1. The van der Waals surface area contributed by atoms with E-state index in [1.54, 1.807) is 23.1 Å². The van der Waals surface area contributed by atoms with E-state index in [4.69, 9.17) is 0 Å². The van der Waals surface area contributed by atoms with Crippen LogP contribution in [0, 0.1) is 3.57 Å². The van der Waals surface area contributed by atoms with Gasteiger partial charge in [0.1, 0.15) is 5.75 Å². The Labute approximate surface area is 146 Å². The van der Waals surface area contributed by atoms with Crippen molar-refractivity contribution in [1.29, 1.82) is 0 Å². The van der Waals surface area contributed by atoms with E-state index in [-0.39, 0.29) is 11.7 Å². The minimum atomic E-state index is -0.158. The summed E-state index contributed by atoms with van der Waals surface area (Å²) in [6, 6.07) is 14.9. The fourth-order valence-electron chi connectivity index (χ4n) is 2.01. The Balaban J connectivity index is 2.25. The molecular formula is C16H15BrINO2. The summed E-state index contributed by atoms with van der Waals surface area (Å²) < 4.78 is 0.923. The number of halogens is 2. The normalized spacial score (nSPS) is 10.4. The molecule has 0 aromatic heterocycles. The summed E-state index contributed by atoms with van der Waals surface area (Å²) in [6.07, 6.45) is 0. The molecule has 1 amide bonds. The molecule has 2 aromatic rings. The zero-order chi connectivity index (χ0) is 15.2. The summed E-state index contributed by atoms with van der Waals surface area (Å²) in [5.41, 5.74) is 1.41. The predicted molar refractivity (Wildman–Crippen MR) is 95.8 cm³/mol. The van der Waals surface area contributed by atoms with Gasteiger partial charge in [-0.3, -0.25) is 4.79 Å². The summed E-state index contributed by atoms with van der Waals surface area (Å²) >= 11 is 5.51. The van der Waals surface area contributed by atoms with Gasteiger partial charge in [0, 0.05) is 22.0 Å². The number of alkyl halides is 1. The van der Waals surface area contributed by atoms with Crippen LogP contribution in [0.4, 0.5) is 0 Å². The molecule has 0 saturated carbocycles. The Hall–Kier alpha value is -1.08. The minimum absolute atomic E-state index is 0.0213. The largest absolute Gasteiger partial charge is 0.507 e. The highest BCUT2D eigenvalue weighted by Gasteiger charge is 2.19. The third kappa shape index (κ3) is 4.44. The molecule has 0 aliphatic heterocycles. The number of aromatic hydroxyl groups is 1. The number of amides is 1. The van der Waals surface area contributed by atoms with Crippen LogP contribution >= 0.6 is 38.5 Å². The second kappa shape index (κ2) is 7.79.